The second-order valence-corrected chi connectivity index (χ2v) is 7.93. The second-order valence-electron chi connectivity index (χ2n) is 7.93. The molecule has 0 aromatic heterocycles. The molecule has 0 saturated carbocycles. The van der Waals surface area contributed by atoms with E-state index in [9.17, 15) is 5.11 Å². The minimum atomic E-state index is 0.363. The summed E-state index contributed by atoms with van der Waals surface area (Å²) in [5.41, 5.74) is 1.34. The molecule has 0 amide bonds. The number of phenolic OH excluding ortho intramolecular Hbond substituents is 1. The Morgan fingerprint density at radius 2 is 1.26 bits per heavy atom. The average Bonchev–Trinajstić information content (AvgIpc) is 2.56. The predicted molar refractivity (Wildman–Crippen MR) is 102 cm³/mol. The van der Waals surface area contributed by atoms with Gasteiger partial charge in [0.25, 0.3) is 0 Å². The molecule has 0 aliphatic carbocycles. The van der Waals surface area contributed by atoms with Gasteiger partial charge in [-0.15, -0.1) is 0 Å². The quantitative estimate of drug-likeness (QED) is 0.473. The van der Waals surface area contributed by atoms with Gasteiger partial charge in [0.1, 0.15) is 5.75 Å². The zero-order valence-electron chi connectivity index (χ0n) is 16.0. The molecule has 132 valence electrons. The lowest BCUT2D eigenvalue weighted by atomic mass is 9.83. The van der Waals surface area contributed by atoms with Crippen molar-refractivity contribution in [2.24, 2.45) is 23.7 Å². The Bertz CT molecular complexity index is 408. The fourth-order valence-electron chi connectivity index (χ4n) is 3.09. The molecule has 0 aliphatic heterocycles. The molecule has 1 rings (SSSR count). The van der Waals surface area contributed by atoms with Crippen LogP contribution in [0.1, 0.15) is 78.7 Å². The first-order valence-corrected chi connectivity index (χ1v) is 9.70. The highest BCUT2D eigenvalue weighted by molar-refractivity contribution is 5.25. The normalized spacial score (nSPS) is 16.7. The van der Waals surface area contributed by atoms with Crippen molar-refractivity contribution in [3.05, 3.63) is 29.8 Å². The van der Waals surface area contributed by atoms with Crippen molar-refractivity contribution in [2.45, 2.75) is 79.6 Å². The number of aryl methyl sites for hydroxylation is 1. The number of hydrogen-bond acceptors (Lipinski definition) is 1. The summed E-state index contributed by atoms with van der Waals surface area (Å²) in [5, 5.41) is 9.33. The molecule has 1 aromatic rings. The van der Waals surface area contributed by atoms with Crippen LogP contribution >= 0.6 is 0 Å². The van der Waals surface area contributed by atoms with Gasteiger partial charge in [0.05, 0.1) is 0 Å². The van der Waals surface area contributed by atoms with Gasteiger partial charge in [0.15, 0.2) is 0 Å². The van der Waals surface area contributed by atoms with Crippen molar-refractivity contribution in [3.63, 3.8) is 0 Å². The van der Waals surface area contributed by atoms with Crippen LogP contribution in [0, 0.1) is 23.7 Å². The largest absolute Gasteiger partial charge is 0.508 e. The summed E-state index contributed by atoms with van der Waals surface area (Å²) >= 11 is 0. The van der Waals surface area contributed by atoms with Gasteiger partial charge in [-0.3, -0.25) is 0 Å². The van der Waals surface area contributed by atoms with Gasteiger partial charge in [-0.1, -0.05) is 78.9 Å². The van der Waals surface area contributed by atoms with Crippen LogP contribution in [-0.4, -0.2) is 5.11 Å². The molecule has 1 aromatic carbocycles. The molecule has 1 nitrogen and oxygen atoms in total. The van der Waals surface area contributed by atoms with E-state index < -0.39 is 0 Å². The van der Waals surface area contributed by atoms with Crippen LogP contribution in [0.3, 0.4) is 0 Å². The van der Waals surface area contributed by atoms with Crippen molar-refractivity contribution in [1.82, 2.24) is 0 Å². The summed E-state index contributed by atoms with van der Waals surface area (Å²) < 4.78 is 0. The molecule has 1 N–H and O–H groups in total. The van der Waals surface area contributed by atoms with Crippen LogP contribution in [0.4, 0.5) is 0 Å². The number of hydrogen-bond donors (Lipinski definition) is 1. The number of aromatic hydroxyl groups is 1. The van der Waals surface area contributed by atoms with Crippen LogP contribution in [-0.2, 0) is 6.42 Å². The van der Waals surface area contributed by atoms with Gasteiger partial charge in [-0.2, -0.15) is 0 Å². The summed E-state index contributed by atoms with van der Waals surface area (Å²) in [6, 6.07) is 7.67. The molecule has 0 aliphatic rings. The lowest BCUT2D eigenvalue weighted by molar-refractivity contribution is 0.292. The lowest BCUT2D eigenvalue weighted by Gasteiger charge is -2.23. The predicted octanol–water partition coefficient (Wildman–Crippen LogP) is 6.84. The molecule has 0 fully saturated rings. The SMILES string of the molecule is CCC(C)CCC(C)C(C)CCC(C)CCc1ccc(O)cc1. The van der Waals surface area contributed by atoms with Gasteiger partial charge in [-0.25, -0.2) is 0 Å². The first-order chi connectivity index (χ1) is 10.9. The van der Waals surface area contributed by atoms with Crippen molar-refractivity contribution in [3.8, 4) is 5.75 Å². The molecule has 1 heteroatoms. The van der Waals surface area contributed by atoms with Gasteiger partial charge < -0.3 is 5.11 Å². The molecule has 4 unspecified atom stereocenters. The number of rotatable bonds is 11. The maximum Gasteiger partial charge on any atom is 0.115 e. The Morgan fingerprint density at radius 3 is 1.78 bits per heavy atom. The minimum absolute atomic E-state index is 0.363. The second kappa shape index (κ2) is 10.7. The molecule has 0 spiro atoms. The Labute approximate surface area is 144 Å². The van der Waals surface area contributed by atoms with Crippen molar-refractivity contribution in [1.29, 1.82) is 0 Å². The number of phenols is 1. The maximum atomic E-state index is 9.33. The van der Waals surface area contributed by atoms with Gasteiger partial charge >= 0.3 is 0 Å². The van der Waals surface area contributed by atoms with Crippen LogP contribution in [0.5, 0.6) is 5.75 Å². The maximum absolute atomic E-state index is 9.33. The molecular formula is C22H38O. The Kier molecular flexibility index (Phi) is 9.36. The zero-order chi connectivity index (χ0) is 17.2. The molecule has 0 heterocycles. The Balaban J connectivity index is 2.21. The van der Waals surface area contributed by atoms with Gasteiger partial charge in [0, 0.05) is 0 Å². The van der Waals surface area contributed by atoms with Gasteiger partial charge in [0.2, 0.25) is 0 Å². The summed E-state index contributed by atoms with van der Waals surface area (Å²) in [4.78, 5) is 0. The Hall–Kier alpha value is -0.980. The molecule has 4 atom stereocenters. The van der Waals surface area contributed by atoms with Crippen LogP contribution in [0.2, 0.25) is 0 Å². The third-order valence-corrected chi connectivity index (χ3v) is 5.76. The first kappa shape index (κ1) is 20.1. The highest BCUT2D eigenvalue weighted by Crippen LogP contribution is 2.27. The topological polar surface area (TPSA) is 20.2 Å². The van der Waals surface area contributed by atoms with Crippen LogP contribution in [0.15, 0.2) is 24.3 Å². The summed E-state index contributed by atoms with van der Waals surface area (Å²) in [7, 11) is 0. The standard InChI is InChI=1S/C22H38O/c1-6-17(2)7-10-19(4)20(5)11-8-18(3)9-12-21-13-15-22(23)16-14-21/h13-20,23H,6-12H2,1-5H3. The highest BCUT2D eigenvalue weighted by atomic mass is 16.3. The summed E-state index contributed by atoms with van der Waals surface area (Å²) in [6.07, 6.45) is 9.16. The Morgan fingerprint density at radius 1 is 0.739 bits per heavy atom. The monoisotopic (exact) mass is 318 g/mol. The third kappa shape index (κ3) is 8.44. The van der Waals surface area contributed by atoms with Crippen molar-refractivity contribution in [2.75, 3.05) is 0 Å². The summed E-state index contributed by atoms with van der Waals surface area (Å²) in [5.74, 6) is 3.73. The van der Waals surface area contributed by atoms with E-state index in [-0.39, 0.29) is 0 Å². The minimum Gasteiger partial charge on any atom is -0.508 e. The number of benzene rings is 1. The zero-order valence-corrected chi connectivity index (χ0v) is 16.0. The van der Waals surface area contributed by atoms with Gasteiger partial charge in [-0.05, 0) is 54.2 Å². The fourth-order valence-corrected chi connectivity index (χ4v) is 3.09. The third-order valence-electron chi connectivity index (χ3n) is 5.76. The smallest absolute Gasteiger partial charge is 0.115 e. The van der Waals surface area contributed by atoms with E-state index in [2.05, 4.69) is 34.6 Å². The van der Waals surface area contributed by atoms with Crippen LogP contribution in [0.25, 0.3) is 0 Å². The molecular weight excluding hydrogens is 280 g/mol. The van der Waals surface area contributed by atoms with E-state index in [4.69, 9.17) is 0 Å². The summed E-state index contributed by atoms with van der Waals surface area (Å²) in [6.45, 7) is 11.9. The molecule has 23 heavy (non-hydrogen) atoms. The van der Waals surface area contributed by atoms with E-state index in [1.807, 2.05) is 12.1 Å². The lowest BCUT2D eigenvalue weighted by Crippen LogP contribution is -2.11. The van der Waals surface area contributed by atoms with E-state index in [0.29, 0.717) is 5.75 Å². The van der Waals surface area contributed by atoms with E-state index in [1.54, 1.807) is 12.1 Å². The average molecular weight is 319 g/mol. The van der Waals surface area contributed by atoms with E-state index in [1.165, 1.54) is 44.1 Å². The van der Waals surface area contributed by atoms with Crippen molar-refractivity contribution < 1.29 is 5.11 Å². The fraction of sp³-hybridized carbons (Fsp3) is 0.727. The van der Waals surface area contributed by atoms with E-state index >= 15 is 0 Å². The molecule has 0 saturated heterocycles. The van der Waals surface area contributed by atoms with Crippen LogP contribution < -0.4 is 0 Å². The van der Waals surface area contributed by atoms with Crippen molar-refractivity contribution >= 4 is 0 Å². The molecule has 0 bridgehead atoms. The first-order valence-electron chi connectivity index (χ1n) is 9.70. The molecule has 0 radical (unpaired) electrons. The van der Waals surface area contributed by atoms with E-state index in [0.717, 1.165) is 30.1 Å². The highest BCUT2D eigenvalue weighted by Gasteiger charge is 2.14.